The Bertz CT molecular complexity index is 361. The van der Waals surface area contributed by atoms with Crippen molar-refractivity contribution in [1.29, 1.82) is 0 Å². The molecule has 2 atom stereocenters. The van der Waals surface area contributed by atoms with Crippen LogP contribution in [0, 0.1) is 0 Å². The molecule has 2 unspecified atom stereocenters. The van der Waals surface area contributed by atoms with Crippen molar-refractivity contribution in [2.24, 2.45) is 0 Å². The fraction of sp³-hybridized carbons (Fsp3) is 0.600. The van der Waals surface area contributed by atoms with Gasteiger partial charge in [-0.2, -0.15) is 0 Å². The van der Waals surface area contributed by atoms with Gasteiger partial charge in [0.2, 0.25) is 0 Å². The molecule has 4 nitrogen and oxygen atoms in total. The van der Waals surface area contributed by atoms with Gasteiger partial charge in [0.15, 0.2) is 0 Å². The highest BCUT2D eigenvalue weighted by molar-refractivity contribution is 4.82. The predicted molar refractivity (Wildman–Crippen MR) is 52.1 cm³/mol. The highest BCUT2D eigenvalue weighted by atomic mass is 16.5. The molecule has 1 saturated heterocycles. The second kappa shape index (κ2) is 3.92. The molecule has 4 heteroatoms. The molecule has 2 rings (SSSR count). The lowest BCUT2D eigenvalue weighted by molar-refractivity contribution is 0.0451. The van der Waals surface area contributed by atoms with Gasteiger partial charge in [0.25, 0.3) is 5.56 Å². The molecular weight excluding hydrogens is 180 g/mol. The van der Waals surface area contributed by atoms with Crippen LogP contribution in [0.2, 0.25) is 0 Å². The van der Waals surface area contributed by atoms with Crippen LogP contribution in [0.3, 0.4) is 0 Å². The van der Waals surface area contributed by atoms with Crippen LogP contribution in [0.15, 0.2) is 23.4 Å². The maximum Gasteiger partial charge on any atom is 0.269 e. The zero-order valence-corrected chi connectivity index (χ0v) is 8.22. The van der Waals surface area contributed by atoms with Crippen LogP contribution in [-0.4, -0.2) is 21.8 Å². The first-order valence-electron chi connectivity index (χ1n) is 4.91. The molecule has 0 N–H and O–H groups in total. The molecular formula is C10H14N2O2. The van der Waals surface area contributed by atoms with Crippen LogP contribution in [0.1, 0.15) is 19.8 Å². The first kappa shape index (κ1) is 9.40. The van der Waals surface area contributed by atoms with Crippen LogP contribution in [0.5, 0.6) is 0 Å². The van der Waals surface area contributed by atoms with E-state index in [2.05, 4.69) is 11.9 Å². The van der Waals surface area contributed by atoms with Crippen LogP contribution >= 0.6 is 0 Å². The molecule has 0 aromatic carbocycles. The lowest BCUT2D eigenvalue weighted by Gasteiger charge is -2.12. The summed E-state index contributed by atoms with van der Waals surface area (Å²) in [4.78, 5) is 15.1. The fourth-order valence-electron chi connectivity index (χ4n) is 1.76. The Kier molecular flexibility index (Phi) is 2.63. The number of rotatable bonds is 2. The van der Waals surface area contributed by atoms with Gasteiger partial charge in [0, 0.05) is 12.4 Å². The summed E-state index contributed by atoms with van der Waals surface area (Å²) in [5, 5.41) is 0. The van der Waals surface area contributed by atoms with Gasteiger partial charge in [-0.15, -0.1) is 0 Å². The Balaban J connectivity index is 2.04. The van der Waals surface area contributed by atoms with Gasteiger partial charge >= 0.3 is 0 Å². The van der Waals surface area contributed by atoms with Crippen LogP contribution in [-0.2, 0) is 11.3 Å². The summed E-state index contributed by atoms with van der Waals surface area (Å²) in [6.45, 7) is 2.71. The zero-order valence-electron chi connectivity index (χ0n) is 8.22. The average molecular weight is 194 g/mol. The normalized spacial score (nSPS) is 26.6. The minimum absolute atomic E-state index is 0.0596. The molecule has 0 radical (unpaired) electrons. The first-order valence-corrected chi connectivity index (χ1v) is 4.91. The van der Waals surface area contributed by atoms with E-state index in [1.807, 2.05) is 0 Å². The molecule has 76 valence electrons. The third-order valence-electron chi connectivity index (χ3n) is 2.52. The van der Waals surface area contributed by atoms with Gasteiger partial charge in [-0.3, -0.25) is 9.78 Å². The molecule has 1 aromatic rings. The van der Waals surface area contributed by atoms with Gasteiger partial charge in [0.1, 0.15) is 0 Å². The van der Waals surface area contributed by atoms with Crippen molar-refractivity contribution in [3.8, 4) is 0 Å². The number of hydrogen-bond acceptors (Lipinski definition) is 3. The standard InChI is InChI=1S/C10H14N2O2/c1-8-2-3-9(14-8)7-12-5-4-11-6-10(12)13/h4-6,8-9H,2-3,7H2,1H3. The smallest absolute Gasteiger partial charge is 0.269 e. The number of hydrogen-bond donors (Lipinski definition) is 0. The largest absolute Gasteiger partial charge is 0.373 e. The quantitative estimate of drug-likeness (QED) is 0.699. The van der Waals surface area contributed by atoms with E-state index >= 15 is 0 Å². The van der Waals surface area contributed by atoms with Crippen molar-refractivity contribution < 1.29 is 4.74 Å². The minimum atomic E-state index is -0.0596. The lowest BCUT2D eigenvalue weighted by atomic mass is 10.2. The van der Waals surface area contributed by atoms with Gasteiger partial charge in [-0.1, -0.05) is 0 Å². The molecule has 1 fully saturated rings. The summed E-state index contributed by atoms with van der Waals surface area (Å²) < 4.78 is 7.29. The van der Waals surface area contributed by atoms with E-state index in [1.54, 1.807) is 17.0 Å². The van der Waals surface area contributed by atoms with E-state index in [-0.39, 0.29) is 11.7 Å². The monoisotopic (exact) mass is 194 g/mol. The Morgan fingerprint density at radius 1 is 1.64 bits per heavy atom. The predicted octanol–water partition coefficient (Wildman–Crippen LogP) is 0.811. The molecule has 0 saturated carbocycles. The van der Waals surface area contributed by atoms with E-state index < -0.39 is 0 Å². The maximum absolute atomic E-state index is 11.3. The first-order chi connectivity index (χ1) is 6.75. The van der Waals surface area contributed by atoms with Crippen molar-refractivity contribution in [2.75, 3.05) is 0 Å². The average Bonchev–Trinajstić information content (AvgIpc) is 2.56. The zero-order chi connectivity index (χ0) is 9.97. The molecule has 0 amide bonds. The minimum Gasteiger partial charge on any atom is -0.373 e. The summed E-state index contributed by atoms with van der Waals surface area (Å²) in [5.41, 5.74) is -0.0596. The summed E-state index contributed by atoms with van der Waals surface area (Å²) in [6.07, 6.45) is 7.30. The van der Waals surface area contributed by atoms with Crippen molar-refractivity contribution in [3.05, 3.63) is 28.9 Å². The lowest BCUT2D eigenvalue weighted by Crippen LogP contribution is -2.25. The molecule has 1 aliphatic rings. The van der Waals surface area contributed by atoms with Crippen LogP contribution < -0.4 is 5.56 Å². The summed E-state index contributed by atoms with van der Waals surface area (Å²) in [6, 6.07) is 0. The van der Waals surface area contributed by atoms with Crippen LogP contribution in [0.4, 0.5) is 0 Å². The molecule has 1 aliphatic heterocycles. The Labute approximate surface area is 82.5 Å². The number of nitrogens with zero attached hydrogens (tertiary/aromatic N) is 2. The van der Waals surface area contributed by atoms with Crippen molar-refractivity contribution in [1.82, 2.24) is 9.55 Å². The highest BCUT2D eigenvalue weighted by Gasteiger charge is 2.21. The maximum atomic E-state index is 11.3. The second-order valence-electron chi connectivity index (χ2n) is 3.71. The molecule has 0 bridgehead atoms. The highest BCUT2D eigenvalue weighted by Crippen LogP contribution is 2.19. The van der Waals surface area contributed by atoms with Gasteiger partial charge in [-0.25, -0.2) is 0 Å². The second-order valence-corrected chi connectivity index (χ2v) is 3.71. The third kappa shape index (κ3) is 2.01. The van der Waals surface area contributed by atoms with Gasteiger partial charge in [0.05, 0.1) is 24.9 Å². The molecule has 0 spiro atoms. The number of aromatic nitrogens is 2. The van der Waals surface area contributed by atoms with E-state index in [0.717, 1.165) is 12.8 Å². The summed E-state index contributed by atoms with van der Waals surface area (Å²) >= 11 is 0. The fourth-order valence-corrected chi connectivity index (χ4v) is 1.76. The van der Waals surface area contributed by atoms with E-state index in [0.29, 0.717) is 12.6 Å². The Morgan fingerprint density at radius 2 is 2.50 bits per heavy atom. The molecule has 0 aliphatic carbocycles. The van der Waals surface area contributed by atoms with Gasteiger partial charge in [-0.05, 0) is 19.8 Å². The van der Waals surface area contributed by atoms with Crippen molar-refractivity contribution >= 4 is 0 Å². The topological polar surface area (TPSA) is 44.1 Å². The summed E-state index contributed by atoms with van der Waals surface area (Å²) in [5.74, 6) is 0. The van der Waals surface area contributed by atoms with Crippen molar-refractivity contribution in [3.63, 3.8) is 0 Å². The van der Waals surface area contributed by atoms with E-state index in [9.17, 15) is 4.79 Å². The van der Waals surface area contributed by atoms with E-state index in [1.165, 1.54) is 6.20 Å². The molecule has 1 aromatic heterocycles. The molecule has 2 heterocycles. The number of ether oxygens (including phenoxy) is 1. The van der Waals surface area contributed by atoms with Gasteiger partial charge < -0.3 is 9.30 Å². The Morgan fingerprint density at radius 3 is 3.14 bits per heavy atom. The molecule has 14 heavy (non-hydrogen) atoms. The summed E-state index contributed by atoms with van der Waals surface area (Å²) in [7, 11) is 0. The SMILES string of the molecule is CC1CCC(Cn2ccncc2=O)O1. The van der Waals surface area contributed by atoms with Crippen molar-refractivity contribution in [2.45, 2.75) is 38.5 Å². The van der Waals surface area contributed by atoms with Crippen LogP contribution in [0.25, 0.3) is 0 Å². The Hall–Kier alpha value is -1.16. The third-order valence-corrected chi connectivity index (χ3v) is 2.52. The van der Waals surface area contributed by atoms with E-state index in [4.69, 9.17) is 4.74 Å².